The van der Waals surface area contributed by atoms with Crippen LogP contribution in [-0.2, 0) is 14.8 Å². The molecule has 2 rings (SSSR count). The van der Waals surface area contributed by atoms with Gasteiger partial charge in [-0.3, -0.25) is 15.0 Å². The molecule has 0 saturated carbocycles. The highest BCUT2D eigenvalue weighted by molar-refractivity contribution is 7.88. The average Bonchev–Trinajstić information content (AvgIpc) is 2.97. The fourth-order valence-electron chi connectivity index (χ4n) is 2.04. The molecular weight excluding hydrogens is 338 g/mol. The molecule has 23 heavy (non-hydrogen) atoms. The van der Waals surface area contributed by atoms with Crippen LogP contribution in [0.5, 0.6) is 0 Å². The number of carbonyl (C=O) groups is 2. The minimum Gasteiger partial charge on any atom is -0.346 e. The predicted octanol–water partition coefficient (Wildman–Crippen LogP) is 1.00. The van der Waals surface area contributed by atoms with Crippen molar-refractivity contribution < 1.29 is 18.0 Å². The Morgan fingerprint density at radius 2 is 2.09 bits per heavy atom. The van der Waals surface area contributed by atoms with Gasteiger partial charge in [0, 0.05) is 24.4 Å². The lowest BCUT2D eigenvalue weighted by atomic mass is 10.0. The maximum atomic E-state index is 12.1. The van der Waals surface area contributed by atoms with Gasteiger partial charge in [-0.1, -0.05) is 11.6 Å². The molecule has 0 atom stereocenters. The highest BCUT2D eigenvalue weighted by atomic mass is 32.2. The Morgan fingerprint density at radius 3 is 2.70 bits per heavy atom. The zero-order chi connectivity index (χ0) is 17.0. The second kappa shape index (κ2) is 7.07. The lowest BCUT2D eigenvalue weighted by molar-refractivity contribution is -0.118. The van der Waals surface area contributed by atoms with Crippen LogP contribution in [0.1, 0.15) is 23.0 Å². The van der Waals surface area contributed by atoms with Crippen molar-refractivity contribution in [3.05, 3.63) is 45.9 Å². The summed E-state index contributed by atoms with van der Waals surface area (Å²) in [4.78, 5) is 28.4. The standard InChI is InChI=1S/C14H17N3O4S2/c1-10-6-11(14(19)15-16-23(2,20)21)8-17(7-10)9-12(18)13-4-3-5-22-13/h3-5,7-8,16H,6,9H2,1-2H3,(H,15,19). The van der Waals surface area contributed by atoms with E-state index >= 15 is 0 Å². The highest BCUT2D eigenvalue weighted by Gasteiger charge is 2.19. The number of amides is 1. The van der Waals surface area contributed by atoms with E-state index in [1.807, 2.05) is 17.1 Å². The van der Waals surface area contributed by atoms with Gasteiger partial charge in [0.15, 0.2) is 5.78 Å². The number of thiophene rings is 1. The summed E-state index contributed by atoms with van der Waals surface area (Å²) in [5.41, 5.74) is 3.41. The van der Waals surface area contributed by atoms with Gasteiger partial charge in [-0.25, -0.2) is 8.42 Å². The third kappa shape index (κ3) is 5.31. The Hall–Kier alpha value is -1.97. The van der Waals surface area contributed by atoms with Crippen molar-refractivity contribution in [1.82, 2.24) is 15.2 Å². The summed E-state index contributed by atoms with van der Waals surface area (Å²) in [6, 6.07) is 3.56. The number of hydrogen-bond acceptors (Lipinski definition) is 6. The largest absolute Gasteiger partial charge is 0.346 e. The molecule has 0 aliphatic carbocycles. The van der Waals surface area contributed by atoms with Crippen LogP contribution in [0.15, 0.2) is 41.1 Å². The van der Waals surface area contributed by atoms with Gasteiger partial charge < -0.3 is 4.90 Å². The number of ketones is 1. The molecule has 124 valence electrons. The van der Waals surface area contributed by atoms with Gasteiger partial charge in [-0.15, -0.1) is 16.2 Å². The monoisotopic (exact) mass is 355 g/mol. The molecule has 0 fully saturated rings. The zero-order valence-corrected chi connectivity index (χ0v) is 14.3. The van der Waals surface area contributed by atoms with Gasteiger partial charge in [0.05, 0.1) is 17.7 Å². The number of sulfonamides is 1. The van der Waals surface area contributed by atoms with Crippen LogP contribution in [0.3, 0.4) is 0 Å². The Morgan fingerprint density at radius 1 is 1.35 bits per heavy atom. The first-order chi connectivity index (χ1) is 10.7. The van der Waals surface area contributed by atoms with E-state index in [1.54, 1.807) is 29.4 Å². The number of rotatable bonds is 6. The van der Waals surface area contributed by atoms with Crippen LogP contribution < -0.4 is 10.3 Å². The average molecular weight is 355 g/mol. The third-order valence-electron chi connectivity index (χ3n) is 2.94. The van der Waals surface area contributed by atoms with Crippen LogP contribution in [0, 0.1) is 0 Å². The minimum absolute atomic E-state index is 0.0452. The lowest BCUT2D eigenvalue weighted by Gasteiger charge is -2.23. The molecule has 1 aromatic heterocycles. The van der Waals surface area contributed by atoms with Gasteiger partial charge >= 0.3 is 0 Å². The van der Waals surface area contributed by atoms with Crippen LogP contribution >= 0.6 is 11.3 Å². The summed E-state index contributed by atoms with van der Waals surface area (Å²) >= 11 is 1.36. The van der Waals surface area contributed by atoms with Crippen molar-refractivity contribution in [3.63, 3.8) is 0 Å². The van der Waals surface area contributed by atoms with E-state index in [2.05, 4.69) is 5.43 Å². The Bertz CT molecular complexity index is 764. The number of hydrogen-bond donors (Lipinski definition) is 2. The summed E-state index contributed by atoms with van der Waals surface area (Å²) in [5.74, 6) is -0.590. The van der Waals surface area contributed by atoms with E-state index in [4.69, 9.17) is 0 Å². The first-order valence-electron chi connectivity index (χ1n) is 6.72. The Kier molecular flexibility index (Phi) is 5.34. The van der Waals surface area contributed by atoms with Gasteiger partial charge in [-0.2, -0.15) is 0 Å². The number of nitrogens with zero attached hydrogens (tertiary/aromatic N) is 1. The number of Topliss-reactive ketones (excluding diaryl/α,β-unsaturated/α-hetero) is 1. The van der Waals surface area contributed by atoms with E-state index in [0.717, 1.165) is 11.8 Å². The molecule has 0 spiro atoms. The molecule has 0 bridgehead atoms. The van der Waals surface area contributed by atoms with Crippen LogP contribution in [-0.4, -0.2) is 37.8 Å². The Labute approximate surface area is 138 Å². The van der Waals surface area contributed by atoms with E-state index < -0.39 is 15.9 Å². The molecule has 0 unspecified atom stereocenters. The van der Waals surface area contributed by atoms with Crippen molar-refractivity contribution in [2.75, 3.05) is 12.8 Å². The van der Waals surface area contributed by atoms with Crippen LogP contribution in [0.4, 0.5) is 0 Å². The fraction of sp³-hybridized carbons (Fsp3) is 0.286. The summed E-state index contributed by atoms with van der Waals surface area (Å²) in [7, 11) is -3.52. The maximum absolute atomic E-state index is 12.1. The highest BCUT2D eigenvalue weighted by Crippen LogP contribution is 2.19. The van der Waals surface area contributed by atoms with E-state index in [0.29, 0.717) is 16.9 Å². The topological polar surface area (TPSA) is 95.6 Å². The van der Waals surface area contributed by atoms with Gasteiger partial charge in [-0.05, 0) is 18.4 Å². The molecule has 0 aromatic carbocycles. The van der Waals surface area contributed by atoms with Crippen molar-refractivity contribution in [3.8, 4) is 0 Å². The van der Waals surface area contributed by atoms with Crippen LogP contribution in [0.2, 0.25) is 0 Å². The molecule has 1 aliphatic rings. The van der Waals surface area contributed by atoms with Gasteiger partial charge in [0.25, 0.3) is 5.91 Å². The Balaban J connectivity index is 2.05. The third-order valence-corrected chi connectivity index (χ3v) is 4.32. The zero-order valence-electron chi connectivity index (χ0n) is 12.7. The van der Waals surface area contributed by atoms with Crippen molar-refractivity contribution in [1.29, 1.82) is 0 Å². The number of nitrogens with one attached hydrogen (secondary N) is 2. The van der Waals surface area contributed by atoms with Crippen molar-refractivity contribution in [2.45, 2.75) is 13.3 Å². The summed E-state index contributed by atoms with van der Waals surface area (Å²) < 4.78 is 22.0. The van der Waals surface area contributed by atoms with Gasteiger partial charge in [0.1, 0.15) is 0 Å². The molecule has 2 N–H and O–H groups in total. The summed E-state index contributed by atoms with van der Waals surface area (Å²) in [6.07, 6.45) is 4.69. The van der Waals surface area contributed by atoms with E-state index in [9.17, 15) is 18.0 Å². The molecule has 7 nitrogen and oxygen atoms in total. The van der Waals surface area contributed by atoms with Crippen molar-refractivity contribution in [2.24, 2.45) is 0 Å². The first kappa shape index (κ1) is 17.4. The fourth-order valence-corrected chi connectivity index (χ4v) is 2.98. The normalized spacial score (nSPS) is 15.0. The predicted molar refractivity (Wildman–Crippen MR) is 87.9 cm³/mol. The van der Waals surface area contributed by atoms with Crippen LogP contribution in [0.25, 0.3) is 0 Å². The number of allylic oxidation sites excluding steroid dienone is 1. The molecule has 0 saturated heterocycles. The second-order valence-electron chi connectivity index (χ2n) is 5.21. The lowest BCUT2D eigenvalue weighted by Crippen LogP contribution is -2.42. The number of carbonyl (C=O) groups excluding carboxylic acids is 2. The molecule has 1 aliphatic heterocycles. The second-order valence-corrected chi connectivity index (χ2v) is 7.90. The van der Waals surface area contributed by atoms with Gasteiger partial charge in [0.2, 0.25) is 10.0 Å². The smallest absolute Gasteiger partial charge is 0.263 e. The molecule has 1 amide bonds. The van der Waals surface area contributed by atoms with E-state index in [1.165, 1.54) is 11.3 Å². The quantitative estimate of drug-likeness (QED) is 0.586. The molecule has 2 heterocycles. The molecule has 1 aromatic rings. The van der Waals surface area contributed by atoms with E-state index in [-0.39, 0.29) is 12.3 Å². The minimum atomic E-state index is -3.52. The summed E-state index contributed by atoms with van der Waals surface area (Å²) in [6.45, 7) is 1.96. The molecule has 9 heteroatoms. The molecular formula is C14H17N3O4S2. The maximum Gasteiger partial charge on any atom is 0.263 e. The molecule has 0 radical (unpaired) electrons. The summed E-state index contributed by atoms with van der Waals surface area (Å²) in [5, 5.41) is 1.83. The van der Waals surface area contributed by atoms with Crippen molar-refractivity contribution >= 4 is 33.1 Å². The SMILES string of the molecule is CC1=CN(CC(=O)c2cccs2)C=C(C(=O)NNS(C)(=O)=O)C1. The number of hydrazine groups is 1. The first-order valence-corrected chi connectivity index (χ1v) is 9.49.